The maximum absolute atomic E-state index is 12.4. The molecule has 0 unspecified atom stereocenters. The highest BCUT2D eigenvalue weighted by molar-refractivity contribution is 5.92. The van der Waals surface area contributed by atoms with Crippen LogP contribution in [-0.4, -0.2) is 37.5 Å². The third-order valence-electron chi connectivity index (χ3n) is 3.53. The second-order valence-electron chi connectivity index (χ2n) is 4.75. The van der Waals surface area contributed by atoms with Crippen LogP contribution in [0.15, 0.2) is 17.2 Å². The lowest BCUT2D eigenvalue weighted by molar-refractivity contribution is 0.0727. The topological polar surface area (TPSA) is 94.7 Å². The second-order valence-corrected chi connectivity index (χ2v) is 4.75. The van der Waals surface area contributed by atoms with Crippen molar-refractivity contribution in [3.05, 3.63) is 45.4 Å². The lowest BCUT2D eigenvalue weighted by Crippen LogP contribution is -2.36. The summed E-state index contributed by atoms with van der Waals surface area (Å²) in [6.07, 6.45) is 4.08. The highest BCUT2D eigenvalue weighted by Gasteiger charge is 2.25. The Hall–Kier alpha value is -2.44. The molecule has 20 heavy (non-hydrogen) atoms. The van der Waals surface area contributed by atoms with Gasteiger partial charge in [0.2, 0.25) is 0 Å². The van der Waals surface area contributed by atoms with E-state index in [4.69, 9.17) is 0 Å². The predicted octanol–water partition coefficient (Wildman–Crippen LogP) is 0.254. The van der Waals surface area contributed by atoms with Crippen LogP contribution in [0.5, 0.6) is 0 Å². The first-order valence-electron chi connectivity index (χ1n) is 6.58. The summed E-state index contributed by atoms with van der Waals surface area (Å²) in [5.41, 5.74) is 3.17. The summed E-state index contributed by atoms with van der Waals surface area (Å²) in [7, 11) is 0. The molecule has 0 spiro atoms. The number of H-pyrrole nitrogens is 2. The fourth-order valence-corrected chi connectivity index (χ4v) is 2.44. The number of hydrogen-bond donors (Lipinski definition) is 2. The third kappa shape index (κ3) is 2.11. The first-order valence-corrected chi connectivity index (χ1v) is 6.58. The number of amides is 1. The van der Waals surface area contributed by atoms with Crippen LogP contribution in [-0.2, 0) is 19.4 Å². The molecule has 0 aromatic carbocycles. The normalized spacial score (nSPS) is 14.2. The molecule has 1 amide bonds. The van der Waals surface area contributed by atoms with Crippen LogP contribution in [0.25, 0.3) is 0 Å². The van der Waals surface area contributed by atoms with E-state index in [0.717, 1.165) is 36.0 Å². The lowest BCUT2D eigenvalue weighted by Gasteiger charge is -2.26. The number of aromatic nitrogens is 4. The molecule has 0 fully saturated rings. The zero-order valence-corrected chi connectivity index (χ0v) is 11.1. The number of hydrogen-bond acceptors (Lipinski definition) is 4. The standard InChI is InChI=1S/C13H15N5O2/c1-2-9-8-7-18(4-3-10(8)17-16-9)13(20)11-5-15-12(19)6-14-11/h5-6H,2-4,7H2,1H3,(H,15,19)(H,16,17). The van der Waals surface area contributed by atoms with Crippen LogP contribution in [0.4, 0.5) is 0 Å². The van der Waals surface area contributed by atoms with Crippen molar-refractivity contribution in [1.82, 2.24) is 25.1 Å². The van der Waals surface area contributed by atoms with Crippen molar-refractivity contribution in [3.63, 3.8) is 0 Å². The molecular formula is C13H15N5O2. The number of rotatable bonds is 2. The van der Waals surface area contributed by atoms with E-state index >= 15 is 0 Å². The van der Waals surface area contributed by atoms with Crippen molar-refractivity contribution in [2.45, 2.75) is 26.3 Å². The summed E-state index contributed by atoms with van der Waals surface area (Å²) in [4.78, 5) is 31.4. The summed E-state index contributed by atoms with van der Waals surface area (Å²) in [6.45, 7) is 3.20. The van der Waals surface area contributed by atoms with Gasteiger partial charge in [0.15, 0.2) is 0 Å². The third-order valence-corrected chi connectivity index (χ3v) is 3.53. The van der Waals surface area contributed by atoms with E-state index in [1.54, 1.807) is 4.90 Å². The first kappa shape index (κ1) is 12.6. The minimum Gasteiger partial charge on any atom is -0.332 e. The summed E-state index contributed by atoms with van der Waals surface area (Å²) in [5, 5.41) is 7.30. The molecule has 104 valence electrons. The molecule has 1 aliphatic heterocycles. The SMILES string of the molecule is CCc1n[nH]c2c1CN(C(=O)c1c[nH]c(=O)cn1)CC2. The average Bonchev–Trinajstić information content (AvgIpc) is 2.89. The molecule has 2 N–H and O–H groups in total. The summed E-state index contributed by atoms with van der Waals surface area (Å²) < 4.78 is 0. The molecule has 3 rings (SSSR count). The molecule has 3 heterocycles. The molecule has 2 aromatic heterocycles. The van der Waals surface area contributed by atoms with Crippen LogP contribution in [0.1, 0.15) is 34.4 Å². The van der Waals surface area contributed by atoms with Gasteiger partial charge in [-0.25, -0.2) is 4.98 Å². The number of carbonyl (C=O) groups is 1. The zero-order valence-electron chi connectivity index (χ0n) is 11.1. The predicted molar refractivity (Wildman–Crippen MR) is 71.3 cm³/mol. The van der Waals surface area contributed by atoms with E-state index in [1.807, 2.05) is 6.92 Å². The molecular weight excluding hydrogens is 258 g/mol. The van der Waals surface area contributed by atoms with E-state index in [9.17, 15) is 9.59 Å². The van der Waals surface area contributed by atoms with Gasteiger partial charge in [0.25, 0.3) is 11.5 Å². The molecule has 0 saturated carbocycles. The number of nitrogens with zero attached hydrogens (tertiary/aromatic N) is 3. The van der Waals surface area contributed by atoms with Crippen molar-refractivity contribution in [2.75, 3.05) is 6.54 Å². The molecule has 0 aliphatic carbocycles. The molecule has 0 atom stereocenters. The minimum absolute atomic E-state index is 0.171. The smallest absolute Gasteiger partial charge is 0.274 e. The first-order chi connectivity index (χ1) is 9.69. The van der Waals surface area contributed by atoms with Crippen LogP contribution in [0.2, 0.25) is 0 Å². The molecule has 0 radical (unpaired) electrons. The van der Waals surface area contributed by atoms with Crippen molar-refractivity contribution in [2.24, 2.45) is 0 Å². The van der Waals surface area contributed by atoms with E-state index in [2.05, 4.69) is 20.2 Å². The van der Waals surface area contributed by atoms with Gasteiger partial charge in [0.1, 0.15) is 5.69 Å². The van der Waals surface area contributed by atoms with Crippen molar-refractivity contribution in [3.8, 4) is 0 Å². The van der Waals surface area contributed by atoms with E-state index in [-0.39, 0.29) is 17.2 Å². The lowest BCUT2D eigenvalue weighted by atomic mass is 10.0. The van der Waals surface area contributed by atoms with Crippen molar-refractivity contribution < 1.29 is 4.79 Å². The molecule has 0 saturated heterocycles. The summed E-state index contributed by atoms with van der Waals surface area (Å²) in [6, 6.07) is 0. The monoisotopic (exact) mass is 273 g/mol. The Bertz CT molecular complexity index is 669. The van der Waals surface area contributed by atoms with Gasteiger partial charge in [-0.3, -0.25) is 14.7 Å². The highest BCUT2D eigenvalue weighted by atomic mass is 16.2. The molecule has 1 aliphatic rings. The largest absolute Gasteiger partial charge is 0.332 e. The van der Waals surface area contributed by atoms with E-state index in [1.165, 1.54) is 6.20 Å². The van der Waals surface area contributed by atoms with Crippen LogP contribution in [0, 0.1) is 0 Å². The van der Waals surface area contributed by atoms with Gasteiger partial charge in [-0.15, -0.1) is 0 Å². The van der Waals surface area contributed by atoms with Gasteiger partial charge < -0.3 is 9.88 Å². The number of nitrogens with one attached hydrogen (secondary N) is 2. The van der Waals surface area contributed by atoms with Gasteiger partial charge >= 0.3 is 0 Å². The Labute approximate surface area is 115 Å². The molecule has 7 nitrogen and oxygen atoms in total. The Morgan fingerprint density at radius 3 is 3.05 bits per heavy atom. The fourth-order valence-electron chi connectivity index (χ4n) is 2.44. The van der Waals surface area contributed by atoms with E-state index in [0.29, 0.717) is 13.1 Å². The molecule has 2 aromatic rings. The molecule has 7 heteroatoms. The highest BCUT2D eigenvalue weighted by Crippen LogP contribution is 2.21. The van der Waals surface area contributed by atoms with Gasteiger partial charge in [-0.1, -0.05) is 6.92 Å². The zero-order chi connectivity index (χ0) is 14.1. The van der Waals surface area contributed by atoms with E-state index < -0.39 is 0 Å². The van der Waals surface area contributed by atoms with Crippen LogP contribution < -0.4 is 5.56 Å². The quantitative estimate of drug-likeness (QED) is 0.820. The Balaban J connectivity index is 1.84. The van der Waals surface area contributed by atoms with Crippen molar-refractivity contribution >= 4 is 5.91 Å². The maximum Gasteiger partial charge on any atom is 0.274 e. The Kier molecular flexibility index (Phi) is 3.09. The Morgan fingerprint density at radius 1 is 1.50 bits per heavy atom. The van der Waals surface area contributed by atoms with Crippen molar-refractivity contribution in [1.29, 1.82) is 0 Å². The summed E-state index contributed by atoms with van der Waals surface area (Å²) >= 11 is 0. The average molecular weight is 273 g/mol. The Morgan fingerprint density at radius 2 is 2.35 bits per heavy atom. The van der Waals surface area contributed by atoms with Gasteiger partial charge in [0, 0.05) is 37.0 Å². The number of carbonyl (C=O) groups excluding carboxylic acids is 1. The fraction of sp³-hybridized carbons (Fsp3) is 0.385. The summed E-state index contributed by atoms with van der Waals surface area (Å²) in [5.74, 6) is -0.171. The number of aromatic amines is 2. The molecule has 0 bridgehead atoms. The van der Waals surface area contributed by atoms with Gasteiger partial charge in [-0.05, 0) is 6.42 Å². The van der Waals surface area contributed by atoms with Gasteiger partial charge in [-0.2, -0.15) is 5.10 Å². The number of fused-ring (bicyclic) bond motifs is 1. The van der Waals surface area contributed by atoms with Gasteiger partial charge in [0.05, 0.1) is 11.9 Å². The van der Waals surface area contributed by atoms with Crippen LogP contribution >= 0.6 is 0 Å². The second kappa shape index (κ2) is 4.92. The van der Waals surface area contributed by atoms with Crippen LogP contribution in [0.3, 0.4) is 0 Å². The minimum atomic E-state index is -0.314. The maximum atomic E-state index is 12.4. The number of aryl methyl sites for hydroxylation is 1.